The highest BCUT2D eigenvalue weighted by molar-refractivity contribution is 6.77. The zero-order valence-corrected chi connectivity index (χ0v) is 11.8. The summed E-state index contributed by atoms with van der Waals surface area (Å²) < 4.78 is 0. The fourth-order valence-corrected chi connectivity index (χ4v) is 4.93. The second-order valence-corrected chi connectivity index (χ2v) is 12.2. The summed E-state index contributed by atoms with van der Waals surface area (Å²) >= 11 is 0. The lowest BCUT2D eigenvalue weighted by molar-refractivity contribution is 0.442. The lowest BCUT2D eigenvalue weighted by Crippen LogP contribution is -2.27. The first-order valence-electron chi connectivity index (χ1n) is 5.89. The summed E-state index contributed by atoms with van der Waals surface area (Å²) in [6.07, 6.45) is 6.82. The molecule has 0 nitrogen and oxygen atoms in total. The van der Waals surface area contributed by atoms with Crippen molar-refractivity contribution in [2.24, 2.45) is 5.41 Å². The Hall–Kier alpha value is -0.0431. The van der Waals surface area contributed by atoms with E-state index in [-0.39, 0.29) is 0 Å². The molecule has 0 aromatic rings. The number of hydrogen-bond acceptors (Lipinski definition) is 0. The summed E-state index contributed by atoms with van der Waals surface area (Å²) in [6, 6.07) is 0. The topological polar surface area (TPSA) is 0 Å². The fourth-order valence-electron chi connectivity index (χ4n) is 2.84. The highest BCUT2D eigenvalue weighted by Crippen LogP contribution is 2.50. The molecule has 0 N–H and O–H groups in total. The van der Waals surface area contributed by atoms with E-state index in [0.717, 1.165) is 5.54 Å². The summed E-state index contributed by atoms with van der Waals surface area (Å²) in [4.78, 5) is 0. The molecule has 2 unspecified atom stereocenters. The van der Waals surface area contributed by atoms with Gasteiger partial charge in [0.15, 0.2) is 0 Å². The van der Waals surface area contributed by atoms with Crippen molar-refractivity contribution >= 4 is 8.07 Å². The van der Waals surface area contributed by atoms with Crippen molar-refractivity contribution in [3.63, 3.8) is 0 Å². The predicted octanol–water partition coefficient (Wildman–Crippen LogP) is 4.85. The van der Waals surface area contributed by atoms with E-state index in [4.69, 9.17) is 0 Å². The van der Waals surface area contributed by atoms with Gasteiger partial charge in [0.2, 0.25) is 0 Å². The van der Waals surface area contributed by atoms with Crippen LogP contribution in [0.3, 0.4) is 0 Å². The first-order valence-corrected chi connectivity index (χ1v) is 9.47. The van der Waals surface area contributed by atoms with Crippen LogP contribution in [0.4, 0.5) is 0 Å². The third-order valence-electron chi connectivity index (χ3n) is 3.64. The van der Waals surface area contributed by atoms with E-state index in [9.17, 15) is 0 Å². The highest BCUT2D eigenvalue weighted by atomic mass is 28.3. The minimum atomic E-state index is -0.893. The van der Waals surface area contributed by atoms with Crippen molar-refractivity contribution < 1.29 is 0 Å². The molecule has 0 radical (unpaired) electrons. The fraction of sp³-hybridized carbons (Fsp3) is 0.846. The Morgan fingerprint density at radius 2 is 1.86 bits per heavy atom. The maximum absolute atomic E-state index is 2.52. The van der Waals surface area contributed by atoms with Gasteiger partial charge in [-0.05, 0) is 37.6 Å². The SMILES string of the molecule is CC(C)=CC1(C)CCC([Si](C)(C)C)C1. The molecule has 0 aliphatic heterocycles. The Morgan fingerprint density at radius 3 is 2.21 bits per heavy atom. The van der Waals surface area contributed by atoms with Crippen LogP contribution in [0, 0.1) is 5.41 Å². The maximum Gasteiger partial charge on any atom is 0.0474 e. The Balaban J connectivity index is 2.69. The number of allylic oxidation sites excluding steroid dienone is 2. The zero-order valence-electron chi connectivity index (χ0n) is 10.8. The minimum Gasteiger partial charge on any atom is -0.0799 e. The van der Waals surface area contributed by atoms with Crippen molar-refractivity contribution in [2.45, 2.75) is 65.2 Å². The minimum absolute atomic E-state index is 0.518. The first kappa shape index (κ1) is 12.0. The van der Waals surface area contributed by atoms with Crippen molar-refractivity contribution in [3.05, 3.63) is 11.6 Å². The van der Waals surface area contributed by atoms with Gasteiger partial charge in [-0.15, -0.1) is 0 Å². The summed E-state index contributed by atoms with van der Waals surface area (Å²) in [6.45, 7) is 14.5. The number of rotatable bonds is 2. The van der Waals surface area contributed by atoms with Crippen LogP contribution in [-0.4, -0.2) is 8.07 Å². The van der Waals surface area contributed by atoms with Gasteiger partial charge in [0.05, 0.1) is 0 Å². The second kappa shape index (κ2) is 3.84. The molecule has 1 saturated carbocycles. The van der Waals surface area contributed by atoms with Crippen LogP contribution in [0.2, 0.25) is 25.2 Å². The largest absolute Gasteiger partial charge is 0.0799 e. The molecule has 0 amide bonds. The molecule has 2 atom stereocenters. The molecular formula is C13H26Si. The standard InChI is InChI=1S/C13H26Si/c1-11(2)9-13(3)8-7-12(10-13)14(4,5)6/h9,12H,7-8,10H2,1-6H3. The van der Waals surface area contributed by atoms with Gasteiger partial charge in [-0.1, -0.05) is 44.6 Å². The van der Waals surface area contributed by atoms with E-state index in [1.807, 2.05) is 0 Å². The molecular weight excluding hydrogens is 184 g/mol. The van der Waals surface area contributed by atoms with Gasteiger partial charge in [0, 0.05) is 8.07 Å². The van der Waals surface area contributed by atoms with E-state index in [0.29, 0.717) is 5.41 Å². The Morgan fingerprint density at radius 1 is 1.29 bits per heavy atom. The summed E-state index contributed by atoms with van der Waals surface area (Å²) in [5, 5.41) is 0. The molecule has 1 rings (SSSR count). The van der Waals surface area contributed by atoms with Gasteiger partial charge in [0.25, 0.3) is 0 Å². The van der Waals surface area contributed by atoms with Gasteiger partial charge in [-0.3, -0.25) is 0 Å². The van der Waals surface area contributed by atoms with Gasteiger partial charge in [-0.2, -0.15) is 0 Å². The van der Waals surface area contributed by atoms with Crippen molar-refractivity contribution in [1.29, 1.82) is 0 Å². The van der Waals surface area contributed by atoms with E-state index in [1.54, 1.807) is 0 Å². The molecule has 1 fully saturated rings. The third kappa shape index (κ3) is 2.98. The quantitative estimate of drug-likeness (QED) is 0.451. The lowest BCUT2D eigenvalue weighted by atomic mass is 9.87. The Labute approximate surface area is 90.8 Å². The molecule has 1 aliphatic carbocycles. The first-order chi connectivity index (χ1) is 6.23. The molecule has 0 aromatic heterocycles. The number of hydrogen-bond donors (Lipinski definition) is 0. The van der Waals surface area contributed by atoms with Crippen LogP contribution in [-0.2, 0) is 0 Å². The van der Waals surface area contributed by atoms with Crippen LogP contribution in [0.25, 0.3) is 0 Å². The monoisotopic (exact) mass is 210 g/mol. The highest BCUT2D eigenvalue weighted by Gasteiger charge is 2.39. The van der Waals surface area contributed by atoms with Crippen LogP contribution in [0.5, 0.6) is 0 Å². The summed E-state index contributed by atoms with van der Waals surface area (Å²) in [5.41, 5.74) is 3.05. The van der Waals surface area contributed by atoms with Crippen molar-refractivity contribution in [1.82, 2.24) is 0 Å². The van der Waals surface area contributed by atoms with Gasteiger partial charge in [0.1, 0.15) is 0 Å². The Kier molecular flexibility index (Phi) is 3.30. The van der Waals surface area contributed by atoms with Gasteiger partial charge >= 0.3 is 0 Å². The third-order valence-corrected chi connectivity index (χ3v) is 6.58. The van der Waals surface area contributed by atoms with E-state index in [2.05, 4.69) is 46.5 Å². The van der Waals surface area contributed by atoms with Crippen molar-refractivity contribution in [2.75, 3.05) is 0 Å². The molecule has 0 spiro atoms. The molecule has 1 aliphatic rings. The van der Waals surface area contributed by atoms with Crippen LogP contribution >= 0.6 is 0 Å². The van der Waals surface area contributed by atoms with E-state index >= 15 is 0 Å². The smallest absolute Gasteiger partial charge is 0.0474 e. The van der Waals surface area contributed by atoms with Gasteiger partial charge < -0.3 is 0 Å². The van der Waals surface area contributed by atoms with E-state index < -0.39 is 8.07 Å². The van der Waals surface area contributed by atoms with Crippen LogP contribution in [0.15, 0.2) is 11.6 Å². The van der Waals surface area contributed by atoms with Gasteiger partial charge in [-0.25, -0.2) is 0 Å². The second-order valence-electron chi connectivity index (χ2n) is 6.68. The van der Waals surface area contributed by atoms with Crippen LogP contribution in [0.1, 0.15) is 40.0 Å². The molecule has 0 heterocycles. The molecule has 0 saturated heterocycles. The van der Waals surface area contributed by atoms with Crippen molar-refractivity contribution in [3.8, 4) is 0 Å². The average Bonchev–Trinajstić information content (AvgIpc) is 2.28. The Bertz CT molecular complexity index is 230. The maximum atomic E-state index is 2.52. The molecule has 14 heavy (non-hydrogen) atoms. The predicted molar refractivity (Wildman–Crippen MR) is 68.5 cm³/mol. The molecule has 1 heteroatoms. The zero-order chi connectivity index (χ0) is 11.0. The summed E-state index contributed by atoms with van der Waals surface area (Å²) in [5.74, 6) is 0. The molecule has 82 valence electrons. The molecule has 0 bridgehead atoms. The average molecular weight is 210 g/mol. The molecule has 0 aromatic carbocycles. The normalized spacial score (nSPS) is 33.1. The summed E-state index contributed by atoms with van der Waals surface area (Å²) in [7, 11) is -0.893. The lowest BCUT2D eigenvalue weighted by Gasteiger charge is -2.27. The van der Waals surface area contributed by atoms with E-state index in [1.165, 1.54) is 24.8 Å². The van der Waals surface area contributed by atoms with Crippen LogP contribution < -0.4 is 0 Å².